The van der Waals surface area contributed by atoms with E-state index in [0.29, 0.717) is 5.41 Å². The Morgan fingerprint density at radius 1 is 1.35 bits per heavy atom. The van der Waals surface area contributed by atoms with Gasteiger partial charge in [-0.25, -0.2) is 0 Å². The van der Waals surface area contributed by atoms with Gasteiger partial charge in [-0.3, -0.25) is 4.90 Å². The molecule has 0 unspecified atom stereocenters. The molecule has 0 saturated heterocycles. The van der Waals surface area contributed by atoms with E-state index in [4.69, 9.17) is 4.42 Å². The fourth-order valence-corrected chi connectivity index (χ4v) is 2.45. The van der Waals surface area contributed by atoms with Gasteiger partial charge in [-0.15, -0.1) is 0 Å². The van der Waals surface area contributed by atoms with Crippen molar-refractivity contribution in [3.05, 3.63) is 24.2 Å². The number of furan rings is 1. The van der Waals surface area contributed by atoms with Gasteiger partial charge in [0.15, 0.2) is 0 Å². The second-order valence-corrected chi connectivity index (χ2v) is 4.99. The van der Waals surface area contributed by atoms with Gasteiger partial charge in [0.25, 0.3) is 0 Å². The van der Waals surface area contributed by atoms with Crippen molar-refractivity contribution in [3.63, 3.8) is 0 Å². The van der Waals surface area contributed by atoms with Crippen LogP contribution in [-0.2, 0) is 6.54 Å². The molecule has 0 aliphatic heterocycles. The van der Waals surface area contributed by atoms with Crippen molar-refractivity contribution >= 4 is 0 Å². The highest BCUT2D eigenvalue weighted by Crippen LogP contribution is 2.26. The molecule has 0 aromatic carbocycles. The summed E-state index contributed by atoms with van der Waals surface area (Å²) in [6, 6.07) is 3.98. The Kier molecular flexibility index (Phi) is 5.72. The molecule has 3 nitrogen and oxygen atoms in total. The maximum Gasteiger partial charge on any atom is 0.117 e. The van der Waals surface area contributed by atoms with E-state index in [-0.39, 0.29) is 0 Å². The van der Waals surface area contributed by atoms with E-state index >= 15 is 0 Å². The number of rotatable bonds is 8. The van der Waals surface area contributed by atoms with Crippen molar-refractivity contribution in [2.45, 2.75) is 33.2 Å². The van der Waals surface area contributed by atoms with Crippen LogP contribution in [0.25, 0.3) is 0 Å². The lowest BCUT2D eigenvalue weighted by Gasteiger charge is -2.35. The minimum absolute atomic E-state index is 0.371. The lowest BCUT2D eigenvalue weighted by atomic mass is 9.81. The van der Waals surface area contributed by atoms with Crippen LogP contribution in [0.15, 0.2) is 22.8 Å². The lowest BCUT2D eigenvalue weighted by molar-refractivity contribution is 0.147. The van der Waals surface area contributed by atoms with Crippen LogP contribution in [0.4, 0.5) is 0 Å². The zero-order chi connectivity index (χ0) is 12.7. The Morgan fingerprint density at radius 3 is 2.53 bits per heavy atom. The molecule has 0 saturated carbocycles. The first kappa shape index (κ1) is 14.3. The molecule has 0 aliphatic rings. The highest BCUT2D eigenvalue weighted by Gasteiger charge is 2.27. The summed E-state index contributed by atoms with van der Waals surface area (Å²) in [7, 11) is 4.20. The van der Waals surface area contributed by atoms with E-state index < -0.39 is 0 Å². The number of nitrogens with one attached hydrogen (secondary N) is 1. The fourth-order valence-electron chi connectivity index (χ4n) is 2.45. The van der Waals surface area contributed by atoms with Crippen LogP contribution in [0.5, 0.6) is 0 Å². The van der Waals surface area contributed by atoms with Crippen molar-refractivity contribution < 1.29 is 4.42 Å². The Balaban J connectivity index is 2.54. The van der Waals surface area contributed by atoms with Crippen LogP contribution in [0.1, 0.15) is 32.4 Å². The Labute approximate surface area is 105 Å². The third kappa shape index (κ3) is 4.17. The first-order valence-corrected chi connectivity index (χ1v) is 6.51. The second kappa shape index (κ2) is 6.82. The normalized spacial score (nSPS) is 12.3. The van der Waals surface area contributed by atoms with Gasteiger partial charge < -0.3 is 9.73 Å². The monoisotopic (exact) mass is 238 g/mol. The molecule has 98 valence electrons. The Hall–Kier alpha value is -0.800. The van der Waals surface area contributed by atoms with Gasteiger partial charge in [0.2, 0.25) is 0 Å². The molecule has 17 heavy (non-hydrogen) atoms. The Morgan fingerprint density at radius 2 is 2.06 bits per heavy atom. The summed E-state index contributed by atoms with van der Waals surface area (Å²) < 4.78 is 5.39. The van der Waals surface area contributed by atoms with E-state index in [1.807, 2.05) is 19.2 Å². The molecule has 1 N–H and O–H groups in total. The summed E-state index contributed by atoms with van der Waals surface area (Å²) in [5.41, 5.74) is 0.371. The van der Waals surface area contributed by atoms with Gasteiger partial charge in [0, 0.05) is 13.1 Å². The quantitative estimate of drug-likeness (QED) is 0.755. The smallest absolute Gasteiger partial charge is 0.117 e. The molecule has 3 heteroatoms. The maximum absolute atomic E-state index is 5.39. The fraction of sp³-hybridized carbons (Fsp3) is 0.714. The largest absolute Gasteiger partial charge is 0.468 e. The van der Waals surface area contributed by atoms with Crippen molar-refractivity contribution in [3.8, 4) is 0 Å². The molecule has 1 heterocycles. The van der Waals surface area contributed by atoms with Crippen LogP contribution in [0, 0.1) is 5.41 Å². The molecule has 0 spiro atoms. The van der Waals surface area contributed by atoms with Crippen molar-refractivity contribution in [2.75, 3.05) is 27.2 Å². The van der Waals surface area contributed by atoms with Crippen LogP contribution in [-0.4, -0.2) is 32.1 Å². The van der Waals surface area contributed by atoms with Gasteiger partial charge >= 0.3 is 0 Å². The van der Waals surface area contributed by atoms with Gasteiger partial charge in [0.05, 0.1) is 12.8 Å². The number of hydrogen-bond donors (Lipinski definition) is 1. The van der Waals surface area contributed by atoms with E-state index in [0.717, 1.165) is 25.4 Å². The molecular weight excluding hydrogens is 212 g/mol. The highest BCUT2D eigenvalue weighted by atomic mass is 16.3. The summed E-state index contributed by atoms with van der Waals surface area (Å²) >= 11 is 0. The first-order chi connectivity index (χ1) is 8.15. The average molecular weight is 238 g/mol. The predicted molar refractivity (Wildman–Crippen MR) is 72.0 cm³/mol. The molecular formula is C14H26N2O. The van der Waals surface area contributed by atoms with E-state index in [1.54, 1.807) is 6.26 Å². The molecule has 0 atom stereocenters. The topological polar surface area (TPSA) is 28.4 Å². The van der Waals surface area contributed by atoms with Crippen molar-refractivity contribution in [1.29, 1.82) is 0 Å². The first-order valence-electron chi connectivity index (χ1n) is 6.51. The maximum atomic E-state index is 5.39. The third-order valence-electron chi connectivity index (χ3n) is 3.66. The molecule has 0 aliphatic carbocycles. The molecule has 0 fully saturated rings. The zero-order valence-corrected chi connectivity index (χ0v) is 11.6. The van der Waals surface area contributed by atoms with Crippen LogP contribution in [0.2, 0.25) is 0 Å². The lowest BCUT2D eigenvalue weighted by Crippen LogP contribution is -2.41. The average Bonchev–Trinajstić information content (AvgIpc) is 2.81. The number of nitrogens with zero attached hydrogens (tertiary/aromatic N) is 1. The highest BCUT2D eigenvalue weighted by molar-refractivity contribution is 4.98. The molecule has 1 rings (SSSR count). The standard InChI is InChI=1S/C14H26N2O/c1-5-14(6-2,11-15-3)12-16(4)10-13-8-7-9-17-13/h7-9,15H,5-6,10-12H2,1-4H3. The second-order valence-electron chi connectivity index (χ2n) is 4.99. The minimum atomic E-state index is 0.371. The van der Waals surface area contributed by atoms with E-state index in [9.17, 15) is 0 Å². The molecule has 1 aromatic rings. The summed E-state index contributed by atoms with van der Waals surface area (Å²) in [6.07, 6.45) is 4.14. The number of hydrogen-bond acceptors (Lipinski definition) is 3. The van der Waals surface area contributed by atoms with Gasteiger partial charge in [-0.1, -0.05) is 13.8 Å². The van der Waals surface area contributed by atoms with Gasteiger partial charge in [-0.2, -0.15) is 0 Å². The van der Waals surface area contributed by atoms with Crippen molar-refractivity contribution in [2.24, 2.45) is 5.41 Å². The molecule has 0 radical (unpaired) electrons. The summed E-state index contributed by atoms with van der Waals surface area (Å²) in [5, 5.41) is 3.32. The van der Waals surface area contributed by atoms with Crippen molar-refractivity contribution in [1.82, 2.24) is 10.2 Å². The molecule has 0 amide bonds. The van der Waals surface area contributed by atoms with Crippen LogP contribution in [0.3, 0.4) is 0 Å². The van der Waals surface area contributed by atoms with Crippen LogP contribution < -0.4 is 5.32 Å². The van der Waals surface area contributed by atoms with E-state index in [2.05, 4.69) is 31.1 Å². The predicted octanol–water partition coefficient (Wildman–Crippen LogP) is 2.74. The molecule has 1 aromatic heterocycles. The van der Waals surface area contributed by atoms with Crippen LogP contribution >= 0.6 is 0 Å². The van der Waals surface area contributed by atoms with Gasteiger partial charge in [-0.05, 0) is 44.5 Å². The minimum Gasteiger partial charge on any atom is -0.468 e. The summed E-state index contributed by atoms with van der Waals surface area (Å²) in [4.78, 5) is 2.35. The van der Waals surface area contributed by atoms with E-state index in [1.165, 1.54) is 12.8 Å². The zero-order valence-electron chi connectivity index (χ0n) is 11.6. The summed E-state index contributed by atoms with van der Waals surface area (Å²) in [5.74, 6) is 1.04. The van der Waals surface area contributed by atoms with Gasteiger partial charge in [0.1, 0.15) is 5.76 Å². The summed E-state index contributed by atoms with van der Waals surface area (Å²) in [6.45, 7) is 7.62. The SMILES string of the molecule is CCC(CC)(CNC)CN(C)Cc1ccco1. The Bertz CT molecular complexity index is 291. The third-order valence-corrected chi connectivity index (χ3v) is 3.66. The molecule has 0 bridgehead atoms.